The zero-order valence-electron chi connectivity index (χ0n) is 11.7. The van der Waals surface area contributed by atoms with Crippen molar-refractivity contribution in [1.82, 2.24) is 4.72 Å². The third kappa shape index (κ3) is 3.81. The van der Waals surface area contributed by atoms with Crippen molar-refractivity contribution in [2.75, 3.05) is 12.8 Å². The molecule has 0 aromatic heterocycles. The van der Waals surface area contributed by atoms with Crippen LogP contribution in [0.25, 0.3) is 0 Å². The van der Waals surface area contributed by atoms with Crippen molar-refractivity contribution in [3.8, 4) is 0 Å². The van der Waals surface area contributed by atoms with Crippen LogP contribution in [-0.4, -0.2) is 15.5 Å². The number of para-hydroxylation sites is 1. The van der Waals surface area contributed by atoms with Crippen LogP contribution in [0.5, 0.6) is 0 Å². The molecule has 0 aliphatic rings. The summed E-state index contributed by atoms with van der Waals surface area (Å²) in [6.07, 6.45) is 0. The van der Waals surface area contributed by atoms with Crippen LogP contribution < -0.4 is 10.5 Å². The lowest BCUT2D eigenvalue weighted by Crippen LogP contribution is -2.24. The minimum atomic E-state index is -3.64. The summed E-state index contributed by atoms with van der Waals surface area (Å²) in [5, 5.41) is 0. The van der Waals surface area contributed by atoms with Crippen LogP contribution in [0.4, 0.5) is 5.69 Å². The zero-order chi connectivity index (χ0) is 15.3. The van der Waals surface area contributed by atoms with Gasteiger partial charge in [0.25, 0.3) is 0 Å². The first-order valence-corrected chi connectivity index (χ1v) is 7.93. The van der Waals surface area contributed by atoms with Crippen LogP contribution in [-0.2, 0) is 27.9 Å². The van der Waals surface area contributed by atoms with Crippen molar-refractivity contribution in [3.63, 3.8) is 0 Å². The lowest BCUT2D eigenvalue weighted by Gasteiger charge is -2.11. The Bertz CT molecular complexity index is 714. The molecular formula is C15H18N2O3S. The summed E-state index contributed by atoms with van der Waals surface area (Å²) in [5.41, 5.74) is 7.77. The highest BCUT2D eigenvalue weighted by Gasteiger charge is 2.16. The molecular weight excluding hydrogens is 288 g/mol. The molecule has 0 atom stereocenters. The Kier molecular flexibility index (Phi) is 4.95. The second kappa shape index (κ2) is 6.71. The van der Waals surface area contributed by atoms with Gasteiger partial charge in [-0.05, 0) is 23.3 Å². The van der Waals surface area contributed by atoms with Crippen molar-refractivity contribution in [2.45, 2.75) is 18.0 Å². The maximum absolute atomic E-state index is 12.3. The predicted octanol–water partition coefficient (Wildman–Crippen LogP) is 1.89. The topological polar surface area (TPSA) is 81.4 Å². The van der Waals surface area contributed by atoms with Crippen LogP contribution in [0.3, 0.4) is 0 Å². The number of methoxy groups -OCH3 is 1. The van der Waals surface area contributed by atoms with E-state index in [0.717, 1.165) is 11.1 Å². The monoisotopic (exact) mass is 306 g/mol. The fraction of sp³-hybridized carbons (Fsp3) is 0.200. The third-order valence-corrected chi connectivity index (χ3v) is 4.55. The molecule has 5 nitrogen and oxygen atoms in total. The highest BCUT2D eigenvalue weighted by Crippen LogP contribution is 2.18. The summed E-state index contributed by atoms with van der Waals surface area (Å²) in [7, 11) is -2.03. The number of anilines is 1. The van der Waals surface area contributed by atoms with Gasteiger partial charge in [0.05, 0.1) is 12.3 Å². The van der Waals surface area contributed by atoms with Gasteiger partial charge in [-0.3, -0.25) is 0 Å². The van der Waals surface area contributed by atoms with Crippen molar-refractivity contribution in [2.24, 2.45) is 0 Å². The molecule has 2 aromatic carbocycles. The van der Waals surface area contributed by atoms with E-state index < -0.39 is 10.0 Å². The number of nitrogen functional groups attached to an aromatic ring is 1. The van der Waals surface area contributed by atoms with E-state index in [4.69, 9.17) is 10.5 Å². The van der Waals surface area contributed by atoms with E-state index >= 15 is 0 Å². The van der Waals surface area contributed by atoms with E-state index in [9.17, 15) is 8.42 Å². The highest BCUT2D eigenvalue weighted by molar-refractivity contribution is 7.89. The molecule has 0 saturated carbocycles. The third-order valence-electron chi connectivity index (χ3n) is 3.08. The maximum atomic E-state index is 12.3. The molecule has 21 heavy (non-hydrogen) atoms. The average Bonchev–Trinajstić information content (AvgIpc) is 2.47. The Morgan fingerprint density at radius 1 is 1.05 bits per heavy atom. The number of benzene rings is 2. The number of nitrogens with two attached hydrogens (primary N) is 1. The number of ether oxygens (including phenoxy) is 1. The molecule has 0 fully saturated rings. The number of nitrogens with one attached hydrogen (secondary N) is 1. The number of rotatable bonds is 6. The van der Waals surface area contributed by atoms with Gasteiger partial charge in [-0.2, -0.15) is 0 Å². The molecule has 0 radical (unpaired) electrons. The van der Waals surface area contributed by atoms with Gasteiger partial charge in [-0.25, -0.2) is 13.1 Å². The minimum Gasteiger partial charge on any atom is -0.398 e. The van der Waals surface area contributed by atoms with E-state index in [1.807, 2.05) is 24.3 Å². The van der Waals surface area contributed by atoms with Gasteiger partial charge in [-0.1, -0.05) is 36.4 Å². The molecule has 112 valence electrons. The van der Waals surface area contributed by atoms with Gasteiger partial charge >= 0.3 is 0 Å². The molecule has 0 aliphatic heterocycles. The van der Waals surface area contributed by atoms with E-state index in [0.29, 0.717) is 6.61 Å². The smallest absolute Gasteiger partial charge is 0.242 e. The average molecular weight is 306 g/mol. The summed E-state index contributed by atoms with van der Waals surface area (Å²) in [5.74, 6) is 0. The normalized spacial score (nSPS) is 11.5. The Labute approximate surface area is 124 Å². The van der Waals surface area contributed by atoms with Crippen molar-refractivity contribution in [1.29, 1.82) is 0 Å². The summed E-state index contributed by atoms with van der Waals surface area (Å²) < 4.78 is 32.2. The van der Waals surface area contributed by atoms with Gasteiger partial charge in [-0.15, -0.1) is 0 Å². The minimum absolute atomic E-state index is 0.0919. The molecule has 6 heteroatoms. The van der Waals surface area contributed by atoms with E-state index in [1.54, 1.807) is 25.3 Å². The molecule has 2 rings (SSSR count). The first-order valence-electron chi connectivity index (χ1n) is 6.44. The molecule has 0 unspecified atom stereocenters. The molecule has 0 bridgehead atoms. The van der Waals surface area contributed by atoms with Crippen LogP contribution in [0, 0.1) is 0 Å². The molecule has 3 N–H and O–H groups in total. The maximum Gasteiger partial charge on any atom is 0.242 e. The van der Waals surface area contributed by atoms with Crippen molar-refractivity contribution >= 4 is 15.7 Å². The van der Waals surface area contributed by atoms with Crippen LogP contribution in [0.1, 0.15) is 11.1 Å². The zero-order valence-corrected chi connectivity index (χ0v) is 12.6. The molecule has 0 spiro atoms. The SMILES string of the molecule is COCc1ccccc1CNS(=O)(=O)c1ccccc1N. The molecule has 0 heterocycles. The molecule has 0 aliphatic carbocycles. The van der Waals surface area contributed by atoms with Crippen LogP contribution in [0.2, 0.25) is 0 Å². The first-order chi connectivity index (χ1) is 10.0. The molecule has 2 aromatic rings. The highest BCUT2D eigenvalue weighted by atomic mass is 32.2. The lowest BCUT2D eigenvalue weighted by atomic mass is 10.1. The number of sulfonamides is 1. The fourth-order valence-corrected chi connectivity index (χ4v) is 3.14. The second-order valence-corrected chi connectivity index (χ2v) is 6.30. The number of hydrogen-bond donors (Lipinski definition) is 2. The van der Waals surface area contributed by atoms with Crippen molar-refractivity contribution in [3.05, 3.63) is 59.7 Å². The summed E-state index contributed by atoms with van der Waals surface area (Å²) >= 11 is 0. The largest absolute Gasteiger partial charge is 0.398 e. The fourth-order valence-electron chi connectivity index (χ4n) is 2.00. The molecule has 0 amide bonds. The van der Waals surface area contributed by atoms with E-state index in [2.05, 4.69) is 4.72 Å². The summed E-state index contributed by atoms with van der Waals surface area (Å²) in [4.78, 5) is 0.0919. The first kappa shape index (κ1) is 15.5. The van der Waals surface area contributed by atoms with Gasteiger partial charge in [0, 0.05) is 13.7 Å². The Hall–Kier alpha value is -1.89. The Morgan fingerprint density at radius 3 is 2.33 bits per heavy atom. The standard InChI is InChI=1S/C15H18N2O3S/c1-20-11-13-7-3-2-6-12(13)10-17-21(18,19)15-9-5-4-8-14(15)16/h2-9,17H,10-11,16H2,1H3. The lowest BCUT2D eigenvalue weighted by molar-refractivity contribution is 0.184. The predicted molar refractivity (Wildman–Crippen MR) is 82.0 cm³/mol. The van der Waals surface area contributed by atoms with Gasteiger partial charge in [0.1, 0.15) is 4.90 Å². The van der Waals surface area contributed by atoms with Crippen molar-refractivity contribution < 1.29 is 13.2 Å². The van der Waals surface area contributed by atoms with Gasteiger partial charge in [0.15, 0.2) is 0 Å². The summed E-state index contributed by atoms with van der Waals surface area (Å²) in [6, 6.07) is 13.9. The quantitative estimate of drug-likeness (QED) is 0.799. The number of hydrogen-bond acceptors (Lipinski definition) is 4. The van der Waals surface area contributed by atoms with Crippen LogP contribution >= 0.6 is 0 Å². The Morgan fingerprint density at radius 2 is 1.67 bits per heavy atom. The van der Waals surface area contributed by atoms with E-state index in [1.165, 1.54) is 6.07 Å². The Balaban J connectivity index is 2.18. The van der Waals surface area contributed by atoms with Crippen LogP contribution in [0.15, 0.2) is 53.4 Å². The van der Waals surface area contributed by atoms with E-state index in [-0.39, 0.29) is 17.1 Å². The second-order valence-electron chi connectivity index (χ2n) is 4.56. The summed E-state index contributed by atoms with van der Waals surface area (Å²) in [6.45, 7) is 0.627. The molecule has 0 saturated heterocycles. The van der Waals surface area contributed by atoms with Gasteiger partial charge < -0.3 is 10.5 Å². The van der Waals surface area contributed by atoms with Gasteiger partial charge in [0.2, 0.25) is 10.0 Å².